The van der Waals surface area contributed by atoms with Gasteiger partial charge in [-0.05, 0) is 44.9 Å². The van der Waals surface area contributed by atoms with Crippen molar-refractivity contribution in [1.29, 1.82) is 0 Å². The summed E-state index contributed by atoms with van der Waals surface area (Å²) in [5.74, 6) is -0.835. The van der Waals surface area contributed by atoms with E-state index < -0.39 is 6.10 Å². The van der Waals surface area contributed by atoms with E-state index in [4.69, 9.17) is 14.2 Å². The molecule has 0 saturated heterocycles. The van der Waals surface area contributed by atoms with E-state index in [1.165, 1.54) is 340 Å². The van der Waals surface area contributed by atoms with Gasteiger partial charge in [-0.2, -0.15) is 0 Å². The maximum atomic E-state index is 13.0. The second-order valence-electron chi connectivity index (χ2n) is 26.3. The molecule has 6 heteroatoms. The fourth-order valence-corrected chi connectivity index (χ4v) is 12.0. The van der Waals surface area contributed by atoms with Crippen molar-refractivity contribution in [2.45, 2.75) is 451 Å². The summed E-state index contributed by atoms with van der Waals surface area (Å²) in [5.41, 5.74) is 0. The van der Waals surface area contributed by atoms with Gasteiger partial charge < -0.3 is 14.2 Å². The van der Waals surface area contributed by atoms with Crippen molar-refractivity contribution < 1.29 is 28.6 Å². The number of carbonyl (C=O) groups is 3. The number of carbonyl (C=O) groups excluding carboxylic acids is 3. The Morgan fingerprint density at radius 3 is 0.602 bits per heavy atom. The van der Waals surface area contributed by atoms with E-state index in [1.807, 2.05) is 0 Å². The first-order valence-electron chi connectivity index (χ1n) is 38.2. The summed E-state index contributed by atoms with van der Waals surface area (Å²) in [7, 11) is 0. The minimum Gasteiger partial charge on any atom is -0.462 e. The zero-order valence-corrected chi connectivity index (χ0v) is 56.8. The summed E-state index contributed by atoms with van der Waals surface area (Å²) in [6, 6.07) is 0. The highest BCUT2D eigenvalue weighted by atomic mass is 16.6. The average Bonchev–Trinajstić information content (AvgIpc) is 3.50. The molecule has 0 saturated carbocycles. The Labute approximate surface area is 520 Å². The highest BCUT2D eigenvalue weighted by molar-refractivity contribution is 5.71. The van der Waals surface area contributed by atoms with Crippen molar-refractivity contribution in [3.8, 4) is 0 Å². The quantitative estimate of drug-likeness (QED) is 0.0261. The molecule has 0 aromatic heterocycles. The number of allylic oxidation sites excluding steroid dienone is 2. The monoisotopic (exact) mass is 1170 g/mol. The standard InChI is InChI=1S/C77H148O6/c1-4-7-10-13-16-19-22-25-28-30-32-34-36-37-38-39-40-42-43-45-47-49-52-55-58-61-64-67-70-76(79)82-73-74(72-81-75(78)69-66-63-60-57-54-51-27-24-21-18-15-12-9-6-3)83-77(80)71-68-65-62-59-56-53-50-48-46-44-41-35-33-31-29-26-23-20-17-14-11-8-5-2/h24,27,74H,4-23,25-26,28-73H2,1-3H3/b27-24-. The van der Waals surface area contributed by atoms with Crippen LogP contribution < -0.4 is 0 Å². The molecule has 1 unspecified atom stereocenters. The Balaban J connectivity index is 4.18. The van der Waals surface area contributed by atoms with Crippen LogP contribution in [0, 0.1) is 0 Å². The zero-order chi connectivity index (χ0) is 59.9. The molecule has 1 atom stereocenters. The van der Waals surface area contributed by atoms with Crippen LogP contribution in [0.15, 0.2) is 12.2 Å². The van der Waals surface area contributed by atoms with Gasteiger partial charge in [-0.1, -0.05) is 392 Å². The molecule has 492 valence electrons. The number of esters is 3. The average molecular weight is 1170 g/mol. The lowest BCUT2D eigenvalue weighted by atomic mass is 10.0. The van der Waals surface area contributed by atoms with Crippen LogP contribution in [0.4, 0.5) is 0 Å². The number of ether oxygens (including phenoxy) is 3. The Bertz CT molecular complexity index is 1300. The molecular formula is C77H148O6. The molecule has 0 radical (unpaired) electrons. The Morgan fingerprint density at radius 2 is 0.398 bits per heavy atom. The molecule has 6 nitrogen and oxygen atoms in total. The summed E-state index contributed by atoms with van der Waals surface area (Å²) < 4.78 is 17.0. The van der Waals surface area contributed by atoms with Gasteiger partial charge in [0.25, 0.3) is 0 Å². The molecule has 0 aromatic carbocycles. The van der Waals surface area contributed by atoms with Crippen LogP contribution in [-0.2, 0) is 28.6 Å². The third-order valence-electron chi connectivity index (χ3n) is 17.8. The molecule has 0 aromatic rings. The van der Waals surface area contributed by atoms with E-state index in [0.717, 1.165) is 64.2 Å². The van der Waals surface area contributed by atoms with Crippen molar-refractivity contribution in [2.75, 3.05) is 13.2 Å². The van der Waals surface area contributed by atoms with E-state index in [2.05, 4.69) is 32.9 Å². The van der Waals surface area contributed by atoms with E-state index in [-0.39, 0.29) is 31.1 Å². The van der Waals surface area contributed by atoms with Gasteiger partial charge in [-0.3, -0.25) is 14.4 Å². The van der Waals surface area contributed by atoms with Gasteiger partial charge in [0.15, 0.2) is 6.10 Å². The topological polar surface area (TPSA) is 78.9 Å². The van der Waals surface area contributed by atoms with Crippen LogP contribution in [0.25, 0.3) is 0 Å². The molecule has 0 aliphatic rings. The summed E-state index contributed by atoms with van der Waals surface area (Å²) in [6.45, 7) is 6.73. The van der Waals surface area contributed by atoms with Crippen LogP contribution in [-0.4, -0.2) is 37.2 Å². The highest BCUT2D eigenvalue weighted by Gasteiger charge is 2.20. The second kappa shape index (κ2) is 72.6. The summed E-state index contributed by atoms with van der Waals surface area (Å²) in [4.78, 5) is 38.5. The fourth-order valence-electron chi connectivity index (χ4n) is 12.0. The number of rotatable bonds is 72. The molecule has 0 aliphatic heterocycles. The zero-order valence-electron chi connectivity index (χ0n) is 56.8. The van der Waals surface area contributed by atoms with Crippen LogP contribution >= 0.6 is 0 Å². The smallest absolute Gasteiger partial charge is 0.306 e. The molecule has 0 N–H and O–H groups in total. The van der Waals surface area contributed by atoms with Crippen molar-refractivity contribution in [1.82, 2.24) is 0 Å². The van der Waals surface area contributed by atoms with Gasteiger partial charge in [0.1, 0.15) is 13.2 Å². The maximum Gasteiger partial charge on any atom is 0.306 e. The van der Waals surface area contributed by atoms with Crippen molar-refractivity contribution >= 4 is 17.9 Å². The van der Waals surface area contributed by atoms with Gasteiger partial charge in [0.2, 0.25) is 0 Å². The molecule has 0 bridgehead atoms. The lowest BCUT2D eigenvalue weighted by molar-refractivity contribution is -0.167. The van der Waals surface area contributed by atoms with Gasteiger partial charge in [-0.25, -0.2) is 0 Å². The largest absolute Gasteiger partial charge is 0.462 e. The second-order valence-corrected chi connectivity index (χ2v) is 26.3. The molecule has 0 rings (SSSR count). The Morgan fingerprint density at radius 1 is 0.229 bits per heavy atom. The molecule has 0 spiro atoms. The number of hydrogen-bond donors (Lipinski definition) is 0. The normalized spacial score (nSPS) is 12.0. The van der Waals surface area contributed by atoms with Crippen molar-refractivity contribution in [2.24, 2.45) is 0 Å². The van der Waals surface area contributed by atoms with Crippen LogP contribution in [0.1, 0.15) is 445 Å². The van der Waals surface area contributed by atoms with Crippen LogP contribution in [0.5, 0.6) is 0 Å². The van der Waals surface area contributed by atoms with Gasteiger partial charge in [0.05, 0.1) is 0 Å². The molecule has 0 amide bonds. The summed E-state index contributed by atoms with van der Waals surface area (Å²) in [6.07, 6.45) is 88.4. The predicted molar refractivity (Wildman–Crippen MR) is 363 cm³/mol. The van der Waals surface area contributed by atoms with Crippen LogP contribution in [0.3, 0.4) is 0 Å². The summed E-state index contributed by atoms with van der Waals surface area (Å²) >= 11 is 0. The minimum absolute atomic E-state index is 0.0654. The molecule has 0 aliphatic carbocycles. The third kappa shape index (κ3) is 70.8. The van der Waals surface area contributed by atoms with E-state index in [0.29, 0.717) is 19.3 Å². The molecular weight excluding hydrogens is 1020 g/mol. The third-order valence-corrected chi connectivity index (χ3v) is 17.8. The van der Waals surface area contributed by atoms with Crippen molar-refractivity contribution in [3.05, 3.63) is 12.2 Å². The molecule has 83 heavy (non-hydrogen) atoms. The minimum atomic E-state index is -0.770. The first-order valence-corrected chi connectivity index (χ1v) is 38.2. The predicted octanol–water partition coefficient (Wildman–Crippen LogP) is 26.3. The first-order chi connectivity index (χ1) is 41.0. The first kappa shape index (κ1) is 81.2. The molecule has 0 heterocycles. The SMILES string of the molecule is CCCCCCC/C=C\CCCCCCCC(=O)OCC(COC(=O)CCCCCCCCCCCCCCCCCCCCCCCCCCCCCC)OC(=O)CCCCCCCCCCCCCCCCCCCCCCCCC. The molecule has 0 fully saturated rings. The maximum absolute atomic E-state index is 13.0. The van der Waals surface area contributed by atoms with Crippen molar-refractivity contribution in [3.63, 3.8) is 0 Å². The fraction of sp³-hybridized carbons (Fsp3) is 0.935. The number of hydrogen-bond acceptors (Lipinski definition) is 6. The Kier molecular flexibility index (Phi) is 71.0. The van der Waals surface area contributed by atoms with Gasteiger partial charge in [-0.15, -0.1) is 0 Å². The van der Waals surface area contributed by atoms with E-state index in [1.54, 1.807) is 0 Å². The lowest BCUT2D eigenvalue weighted by Crippen LogP contribution is -2.30. The van der Waals surface area contributed by atoms with Gasteiger partial charge in [0, 0.05) is 19.3 Å². The van der Waals surface area contributed by atoms with E-state index in [9.17, 15) is 14.4 Å². The van der Waals surface area contributed by atoms with Gasteiger partial charge >= 0.3 is 17.9 Å². The van der Waals surface area contributed by atoms with E-state index >= 15 is 0 Å². The lowest BCUT2D eigenvalue weighted by Gasteiger charge is -2.18. The van der Waals surface area contributed by atoms with Crippen LogP contribution in [0.2, 0.25) is 0 Å². The summed E-state index contributed by atoms with van der Waals surface area (Å²) in [5, 5.41) is 0. The Hall–Kier alpha value is -1.85. The highest BCUT2D eigenvalue weighted by Crippen LogP contribution is 2.20. The number of unbranched alkanes of at least 4 members (excludes halogenated alkanes) is 59.